The highest BCUT2D eigenvalue weighted by atomic mass is 32.2. The zero-order valence-corrected chi connectivity index (χ0v) is 23.0. The second-order valence-electron chi connectivity index (χ2n) is 9.64. The summed E-state index contributed by atoms with van der Waals surface area (Å²) in [4.78, 5) is 1.19. The Hall–Kier alpha value is -2.17. The van der Waals surface area contributed by atoms with Crippen molar-refractivity contribution in [1.82, 2.24) is 5.32 Å². The van der Waals surface area contributed by atoms with Crippen LogP contribution < -0.4 is 16.4 Å². The predicted octanol–water partition coefficient (Wildman–Crippen LogP) is 7.90. The Morgan fingerprint density at radius 1 is 1.09 bits per heavy atom. The van der Waals surface area contributed by atoms with E-state index in [2.05, 4.69) is 115 Å². The average Bonchev–Trinajstić information content (AvgIpc) is 2.77. The van der Waals surface area contributed by atoms with Crippen LogP contribution in [0.3, 0.4) is 0 Å². The van der Waals surface area contributed by atoms with E-state index < -0.39 is 0 Å². The maximum Gasteiger partial charge on any atom is 0.0441 e. The number of allylic oxidation sites excluding steroid dienone is 2. The SMILES string of the molecule is C=C(N/C(C)=C(\SCN)c1ccc(CC)c(C)c1)C(C)(C)C.CNc1ccc(C(C)C)cc1. The molecule has 3 nitrogen and oxygen atoms in total. The summed E-state index contributed by atoms with van der Waals surface area (Å²) >= 11 is 1.67. The molecule has 4 N–H and O–H groups in total. The number of benzene rings is 2. The minimum atomic E-state index is 0.0295. The Morgan fingerprint density at radius 2 is 1.70 bits per heavy atom. The number of rotatable bonds is 8. The van der Waals surface area contributed by atoms with Gasteiger partial charge in [-0.3, -0.25) is 0 Å². The predicted molar refractivity (Wildman–Crippen MR) is 152 cm³/mol. The molecule has 0 radical (unpaired) electrons. The number of nitrogens with one attached hydrogen (secondary N) is 2. The zero-order chi connectivity index (χ0) is 25.2. The third kappa shape index (κ3) is 9.30. The molecule has 0 bridgehead atoms. The largest absolute Gasteiger partial charge is 0.388 e. The van der Waals surface area contributed by atoms with Gasteiger partial charge < -0.3 is 16.4 Å². The molecule has 0 aliphatic rings. The molecule has 4 heteroatoms. The van der Waals surface area contributed by atoms with Crippen LogP contribution in [0.25, 0.3) is 4.91 Å². The highest BCUT2D eigenvalue weighted by Gasteiger charge is 2.16. The minimum absolute atomic E-state index is 0.0295. The van der Waals surface area contributed by atoms with Crippen LogP contribution in [0, 0.1) is 12.3 Å². The molecule has 0 unspecified atom stereocenters. The van der Waals surface area contributed by atoms with Gasteiger partial charge >= 0.3 is 0 Å². The normalized spacial score (nSPS) is 12.0. The number of aryl methyl sites for hydroxylation is 2. The lowest BCUT2D eigenvalue weighted by molar-refractivity contribution is 0.477. The van der Waals surface area contributed by atoms with Crippen molar-refractivity contribution in [1.29, 1.82) is 0 Å². The fourth-order valence-corrected chi connectivity index (χ4v) is 3.96. The molecular formula is C29H45N3S. The van der Waals surface area contributed by atoms with Crippen LogP contribution in [0.5, 0.6) is 0 Å². The van der Waals surface area contributed by atoms with Crippen LogP contribution in [0.4, 0.5) is 5.69 Å². The molecule has 2 aromatic carbocycles. The maximum absolute atomic E-state index is 5.79. The fourth-order valence-electron chi connectivity index (χ4n) is 3.23. The number of hydrogen-bond acceptors (Lipinski definition) is 4. The molecule has 0 fully saturated rings. The van der Waals surface area contributed by atoms with Gasteiger partial charge in [0.05, 0.1) is 0 Å². The summed E-state index contributed by atoms with van der Waals surface area (Å²) in [6.07, 6.45) is 1.06. The average molecular weight is 468 g/mol. The molecule has 0 heterocycles. The molecule has 0 spiro atoms. The second-order valence-corrected chi connectivity index (χ2v) is 10.7. The Balaban J connectivity index is 0.000000412. The first kappa shape index (κ1) is 28.9. The fraction of sp³-hybridized carbons (Fsp3) is 0.448. The lowest BCUT2D eigenvalue weighted by atomic mass is 9.92. The van der Waals surface area contributed by atoms with Gasteiger partial charge in [-0.25, -0.2) is 0 Å². The Kier molecular flexibility index (Phi) is 11.8. The van der Waals surface area contributed by atoms with Crippen LogP contribution in [-0.2, 0) is 6.42 Å². The van der Waals surface area contributed by atoms with Crippen LogP contribution in [-0.4, -0.2) is 12.9 Å². The van der Waals surface area contributed by atoms with Gasteiger partial charge in [0.25, 0.3) is 0 Å². The van der Waals surface area contributed by atoms with Gasteiger partial charge in [-0.15, -0.1) is 11.8 Å². The van der Waals surface area contributed by atoms with Crippen molar-refractivity contribution in [2.24, 2.45) is 11.1 Å². The van der Waals surface area contributed by atoms with Gasteiger partial charge in [-0.1, -0.05) is 78.5 Å². The van der Waals surface area contributed by atoms with Crippen molar-refractivity contribution in [2.45, 2.75) is 67.7 Å². The molecule has 0 amide bonds. The van der Waals surface area contributed by atoms with Crippen molar-refractivity contribution in [3.63, 3.8) is 0 Å². The number of hydrogen-bond donors (Lipinski definition) is 3. The smallest absolute Gasteiger partial charge is 0.0441 e. The van der Waals surface area contributed by atoms with Crippen LogP contribution in [0.2, 0.25) is 0 Å². The van der Waals surface area contributed by atoms with E-state index in [1.54, 1.807) is 11.8 Å². The lowest BCUT2D eigenvalue weighted by Gasteiger charge is -2.25. The number of anilines is 1. The summed E-state index contributed by atoms with van der Waals surface area (Å²) in [5.41, 5.74) is 14.5. The van der Waals surface area contributed by atoms with E-state index in [1.807, 2.05) is 7.05 Å². The van der Waals surface area contributed by atoms with Gasteiger partial charge in [0.2, 0.25) is 0 Å². The minimum Gasteiger partial charge on any atom is -0.388 e. The first-order chi connectivity index (χ1) is 15.4. The zero-order valence-electron chi connectivity index (χ0n) is 22.2. The highest BCUT2D eigenvalue weighted by Crippen LogP contribution is 2.32. The molecule has 0 saturated carbocycles. The Labute approximate surface area is 207 Å². The van der Waals surface area contributed by atoms with Crippen molar-refractivity contribution >= 4 is 22.4 Å². The third-order valence-corrected chi connectivity index (χ3v) is 6.66. The van der Waals surface area contributed by atoms with Crippen molar-refractivity contribution in [3.05, 3.63) is 82.7 Å². The number of nitrogens with two attached hydrogens (primary N) is 1. The Morgan fingerprint density at radius 3 is 2.12 bits per heavy atom. The molecule has 0 aliphatic heterocycles. The van der Waals surface area contributed by atoms with E-state index in [1.165, 1.54) is 32.8 Å². The molecule has 182 valence electrons. The third-order valence-electron chi connectivity index (χ3n) is 5.66. The van der Waals surface area contributed by atoms with Gasteiger partial charge in [-0.2, -0.15) is 0 Å². The lowest BCUT2D eigenvalue weighted by Crippen LogP contribution is -2.22. The van der Waals surface area contributed by atoms with Crippen molar-refractivity contribution in [2.75, 3.05) is 18.2 Å². The molecule has 0 atom stereocenters. The topological polar surface area (TPSA) is 50.1 Å². The van der Waals surface area contributed by atoms with Gasteiger partial charge in [0, 0.05) is 40.3 Å². The van der Waals surface area contributed by atoms with E-state index in [0.717, 1.165) is 17.8 Å². The standard InChI is InChI=1S/C19H30N2S.C10H15N/c1-8-16-9-10-17(11-13(16)2)18(22-12-20)14(3)21-15(4)19(5,6)7;1-8(2)9-4-6-10(11-3)7-5-9/h9-11,21H,4,8,12,20H2,1-3,5-7H3;4-8,11H,1-3H3/b18-14-;. The van der Waals surface area contributed by atoms with Crippen molar-refractivity contribution < 1.29 is 0 Å². The molecule has 0 saturated heterocycles. The molecule has 2 rings (SSSR count). The van der Waals surface area contributed by atoms with Gasteiger partial charge in [0.1, 0.15) is 0 Å². The van der Waals surface area contributed by atoms with Crippen molar-refractivity contribution in [3.8, 4) is 0 Å². The number of thioether (sulfide) groups is 1. The first-order valence-corrected chi connectivity index (χ1v) is 12.8. The molecule has 2 aromatic rings. The van der Waals surface area contributed by atoms with E-state index in [4.69, 9.17) is 5.73 Å². The molecular weight excluding hydrogens is 422 g/mol. The molecule has 0 aromatic heterocycles. The van der Waals surface area contributed by atoms with E-state index >= 15 is 0 Å². The van der Waals surface area contributed by atoms with Crippen LogP contribution in [0.1, 0.15) is 76.6 Å². The van der Waals surface area contributed by atoms with E-state index in [0.29, 0.717) is 11.8 Å². The van der Waals surface area contributed by atoms with E-state index in [-0.39, 0.29) is 5.41 Å². The Bertz CT molecular complexity index is 919. The summed E-state index contributed by atoms with van der Waals surface area (Å²) in [5.74, 6) is 1.19. The van der Waals surface area contributed by atoms with Crippen LogP contribution in [0.15, 0.2) is 60.4 Å². The van der Waals surface area contributed by atoms with Crippen LogP contribution >= 0.6 is 11.8 Å². The highest BCUT2D eigenvalue weighted by molar-refractivity contribution is 8.08. The summed E-state index contributed by atoms with van der Waals surface area (Å²) in [6, 6.07) is 15.2. The molecule has 33 heavy (non-hydrogen) atoms. The van der Waals surface area contributed by atoms with Gasteiger partial charge in [-0.05, 0) is 60.6 Å². The first-order valence-electron chi connectivity index (χ1n) is 11.8. The summed E-state index contributed by atoms with van der Waals surface area (Å²) in [5, 5.41) is 6.55. The van der Waals surface area contributed by atoms with Gasteiger partial charge in [0.15, 0.2) is 0 Å². The molecule has 0 aliphatic carbocycles. The van der Waals surface area contributed by atoms with E-state index in [9.17, 15) is 0 Å². The maximum atomic E-state index is 5.79. The second kappa shape index (κ2) is 13.5. The summed E-state index contributed by atoms with van der Waals surface area (Å²) in [7, 11) is 1.93. The quantitative estimate of drug-likeness (QED) is 0.345. The summed E-state index contributed by atoms with van der Waals surface area (Å²) in [6.45, 7) is 21.5. The monoisotopic (exact) mass is 467 g/mol. The summed E-state index contributed by atoms with van der Waals surface area (Å²) < 4.78 is 0.